The molecule has 29 heavy (non-hydrogen) atoms. The van der Waals surface area contributed by atoms with Gasteiger partial charge in [-0.15, -0.1) is 0 Å². The van der Waals surface area contributed by atoms with E-state index in [1.807, 2.05) is 0 Å². The van der Waals surface area contributed by atoms with Crippen LogP contribution in [0, 0.1) is 0 Å². The Morgan fingerprint density at radius 3 is 0.828 bits per heavy atom. The lowest BCUT2D eigenvalue weighted by Gasteiger charge is -2.11. The first-order valence-electron chi connectivity index (χ1n) is 12.8. The molecule has 168 valence electrons. The average Bonchev–Trinajstić information content (AvgIpc) is 2.73. The number of allylic oxidation sites excluding steroid dienone is 4. The summed E-state index contributed by atoms with van der Waals surface area (Å²) >= 11 is 0. The van der Waals surface area contributed by atoms with Crippen molar-refractivity contribution < 1.29 is 0 Å². The molecular weight excluding hydrogens is 367 g/mol. The Balaban J connectivity index is 5.27. The molecule has 0 aromatic rings. The molecule has 0 unspecified atom stereocenters. The molecule has 0 aromatic carbocycles. The van der Waals surface area contributed by atoms with Gasteiger partial charge in [0, 0.05) is 0 Å². The van der Waals surface area contributed by atoms with Crippen LogP contribution in [-0.2, 0) is 0 Å². The topological polar surface area (TPSA) is 0 Å². The lowest BCUT2D eigenvalue weighted by atomic mass is 10.2. The van der Waals surface area contributed by atoms with E-state index < -0.39 is 7.26 Å². The largest absolute Gasteiger partial charge is 0.113 e. The number of hydrogen-bond donors (Lipinski definition) is 0. The molecule has 0 saturated heterocycles. The van der Waals surface area contributed by atoms with Gasteiger partial charge in [0.05, 0.1) is 23.3 Å². The van der Waals surface area contributed by atoms with Crippen molar-refractivity contribution in [3.8, 4) is 0 Å². The summed E-state index contributed by atoms with van der Waals surface area (Å²) in [5, 5.41) is 0. The number of rotatable bonds is 20. The fourth-order valence-electron chi connectivity index (χ4n) is 3.38. The summed E-state index contributed by atoms with van der Waals surface area (Å²) in [4.78, 5) is 0. The molecule has 1 heteroatoms. The van der Waals surface area contributed by atoms with Gasteiger partial charge in [-0.1, -0.05) is 79.1 Å². The first-order valence-corrected chi connectivity index (χ1v) is 14.9. The second kappa shape index (κ2) is 22.1. The summed E-state index contributed by atoms with van der Waals surface area (Å²) in [5.41, 5.74) is 0. The highest BCUT2D eigenvalue weighted by Gasteiger charge is 2.25. The Bertz CT molecular complexity index is 356. The van der Waals surface area contributed by atoms with Crippen LogP contribution in [0.25, 0.3) is 0 Å². The predicted octanol–water partition coefficient (Wildman–Crippen LogP) is 11.4. The molecule has 0 N–H and O–H groups in total. The Labute approximate surface area is 185 Å². The minimum absolute atomic E-state index is 1.23. The van der Waals surface area contributed by atoms with E-state index in [1.54, 1.807) is 0 Å². The van der Waals surface area contributed by atoms with Crippen LogP contribution in [-0.4, -0.2) is 0 Å². The van der Waals surface area contributed by atoms with Gasteiger partial charge < -0.3 is 0 Å². The third-order valence-corrected chi connectivity index (χ3v) is 8.26. The van der Waals surface area contributed by atoms with Crippen molar-refractivity contribution in [2.24, 2.45) is 0 Å². The van der Waals surface area contributed by atoms with Crippen LogP contribution in [0.3, 0.4) is 0 Å². The summed E-state index contributed by atoms with van der Waals surface area (Å²) in [6.45, 7) is 9.16. The van der Waals surface area contributed by atoms with Crippen LogP contribution in [0.15, 0.2) is 47.6 Å². The Hall–Kier alpha value is -0.610. The summed E-state index contributed by atoms with van der Waals surface area (Å²) in [6.07, 6.45) is 30.8. The van der Waals surface area contributed by atoms with E-state index in [0.29, 0.717) is 0 Å². The third kappa shape index (κ3) is 17.9. The van der Waals surface area contributed by atoms with Crippen molar-refractivity contribution in [2.45, 2.75) is 130 Å². The minimum atomic E-state index is -1.41. The number of unbranched alkanes of at least 4 members (excludes halogenated alkanes) is 12. The smallest absolute Gasteiger partial charge is 0.0654 e. The van der Waals surface area contributed by atoms with Crippen LogP contribution in [0.2, 0.25) is 0 Å². The standard InChI is InChI=1S/C28H52P/c1-5-9-13-17-21-25-29(26-22-18-14-10-6-2,27-23-19-15-11-7-3)28-24-20-16-12-8-4/h21-28H,5-20H2,1-4H3/q+1. The first kappa shape index (κ1) is 28.4. The van der Waals surface area contributed by atoms with Crippen molar-refractivity contribution >= 4 is 7.26 Å². The van der Waals surface area contributed by atoms with Crippen LogP contribution in [0.5, 0.6) is 0 Å². The van der Waals surface area contributed by atoms with Gasteiger partial charge in [0.1, 0.15) is 7.26 Å². The molecule has 0 heterocycles. The third-order valence-electron chi connectivity index (χ3n) is 5.35. The van der Waals surface area contributed by atoms with Crippen LogP contribution >= 0.6 is 7.26 Å². The normalized spacial score (nSPS) is 14.8. The zero-order chi connectivity index (χ0) is 21.5. The summed E-state index contributed by atoms with van der Waals surface area (Å²) < 4.78 is 0. The molecular formula is C28H52P+. The molecule has 0 atom stereocenters. The van der Waals surface area contributed by atoms with Gasteiger partial charge in [0.15, 0.2) is 0 Å². The Kier molecular flexibility index (Phi) is 21.6. The molecule has 0 nitrogen and oxygen atoms in total. The van der Waals surface area contributed by atoms with E-state index in [9.17, 15) is 0 Å². The fraction of sp³-hybridized carbons (Fsp3) is 0.714. The van der Waals surface area contributed by atoms with Gasteiger partial charge in [-0.25, -0.2) is 0 Å². The quantitative estimate of drug-likeness (QED) is 0.136. The van der Waals surface area contributed by atoms with Crippen molar-refractivity contribution in [3.05, 3.63) is 47.6 Å². The molecule has 0 amide bonds. The molecule has 0 spiro atoms. The molecule has 0 fully saturated rings. The highest BCUT2D eigenvalue weighted by atomic mass is 31.2. The van der Waals surface area contributed by atoms with Gasteiger partial charge in [0.25, 0.3) is 0 Å². The van der Waals surface area contributed by atoms with Crippen molar-refractivity contribution in [1.29, 1.82) is 0 Å². The minimum Gasteiger partial charge on any atom is -0.0654 e. The summed E-state index contributed by atoms with van der Waals surface area (Å²) in [6, 6.07) is 0. The van der Waals surface area contributed by atoms with E-state index >= 15 is 0 Å². The van der Waals surface area contributed by atoms with E-state index in [1.165, 1.54) is 103 Å². The van der Waals surface area contributed by atoms with Crippen molar-refractivity contribution in [3.63, 3.8) is 0 Å². The van der Waals surface area contributed by atoms with Crippen molar-refractivity contribution in [1.82, 2.24) is 0 Å². The molecule has 0 aromatic heterocycles. The van der Waals surface area contributed by atoms with Gasteiger partial charge in [0.2, 0.25) is 0 Å². The fourth-order valence-corrected chi connectivity index (χ4v) is 6.03. The lowest BCUT2D eigenvalue weighted by Crippen LogP contribution is -1.81. The van der Waals surface area contributed by atoms with Crippen LogP contribution in [0.1, 0.15) is 130 Å². The van der Waals surface area contributed by atoms with Crippen molar-refractivity contribution in [2.75, 3.05) is 0 Å². The highest BCUT2D eigenvalue weighted by molar-refractivity contribution is 7.87. The zero-order valence-corrected chi connectivity index (χ0v) is 21.3. The first-order chi connectivity index (χ1) is 14.2. The maximum Gasteiger partial charge on any atom is 0.113 e. The van der Waals surface area contributed by atoms with Gasteiger partial charge >= 0.3 is 0 Å². The van der Waals surface area contributed by atoms with E-state index in [2.05, 4.69) is 75.3 Å². The van der Waals surface area contributed by atoms with E-state index in [0.717, 1.165) is 0 Å². The SMILES string of the molecule is CCCCCC=C[P+](C=CCCCCC)(C=CCCCCC)C=CCCCCC. The number of hydrogen-bond acceptors (Lipinski definition) is 0. The second-order valence-electron chi connectivity index (χ2n) is 8.42. The van der Waals surface area contributed by atoms with Crippen LogP contribution < -0.4 is 0 Å². The molecule has 0 aliphatic rings. The monoisotopic (exact) mass is 419 g/mol. The second-order valence-corrected chi connectivity index (χ2v) is 11.4. The van der Waals surface area contributed by atoms with Crippen LogP contribution in [0.4, 0.5) is 0 Å². The summed E-state index contributed by atoms with van der Waals surface area (Å²) in [7, 11) is -1.41. The molecule has 0 rings (SSSR count). The molecule has 0 aliphatic carbocycles. The molecule has 0 radical (unpaired) electrons. The molecule has 0 aliphatic heterocycles. The Morgan fingerprint density at radius 2 is 0.621 bits per heavy atom. The highest BCUT2D eigenvalue weighted by Crippen LogP contribution is 2.65. The molecule has 0 bridgehead atoms. The predicted molar refractivity (Wildman–Crippen MR) is 140 cm³/mol. The maximum atomic E-state index is 2.58. The van der Waals surface area contributed by atoms with Gasteiger partial charge in [-0.05, 0) is 75.7 Å². The van der Waals surface area contributed by atoms with E-state index in [-0.39, 0.29) is 0 Å². The average molecular weight is 420 g/mol. The van der Waals surface area contributed by atoms with Gasteiger partial charge in [-0.2, -0.15) is 0 Å². The Morgan fingerprint density at radius 1 is 0.379 bits per heavy atom. The molecule has 0 saturated carbocycles. The van der Waals surface area contributed by atoms with E-state index in [4.69, 9.17) is 0 Å². The lowest BCUT2D eigenvalue weighted by molar-refractivity contribution is 0.729. The summed E-state index contributed by atoms with van der Waals surface area (Å²) in [5.74, 6) is 10.3. The zero-order valence-electron chi connectivity index (χ0n) is 20.4. The van der Waals surface area contributed by atoms with Gasteiger partial charge in [-0.3, -0.25) is 0 Å². The maximum absolute atomic E-state index is 2.58.